The van der Waals surface area contributed by atoms with Crippen LogP contribution in [0, 0.1) is 12.7 Å². The van der Waals surface area contributed by atoms with E-state index in [1.165, 1.54) is 37.4 Å². The maximum Gasteiger partial charge on any atom is 0.341 e. The van der Waals surface area contributed by atoms with E-state index in [9.17, 15) is 14.0 Å². The van der Waals surface area contributed by atoms with Gasteiger partial charge in [0.05, 0.1) is 7.11 Å². The minimum absolute atomic E-state index is 0.0967. The summed E-state index contributed by atoms with van der Waals surface area (Å²) in [6, 6.07) is 6.76. The lowest BCUT2D eigenvalue weighted by Crippen LogP contribution is -2.27. The molecular formula is C14H12FNO4. The lowest BCUT2D eigenvalue weighted by atomic mass is 10.2. The van der Waals surface area contributed by atoms with Gasteiger partial charge in [0.25, 0.3) is 5.56 Å². The Kier molecular flexibility index (Phi) is 3.56. The number of benzene rings is 1. The molecule has 0 unspecified atom stereocenters. The fraction of sp³-hybridized carbons (Fsp3) is 0.143. The summed E-state index contributed by atoms with van der Waals surface area (Å²) in [6.45, 7) is 1.58. The molecule has 5 nitrogen and oxygen atoms in total. The van der Waals surface area contributed by atoms with Crippen LogP contribution in [0.25, 0.3) is 5.69 Å². The molecule has 0 fully saturated rings. The van der Waals surface area contributed by atoms with E-state index in [1.807, 2.05) is 0 Å². The molecule has 1 aromatic heterocycles. The van der Waals surface area contributed by atoms with Crippen molar-refractivity contribution in [1.29, 1.82) is 0 Å². The van der Waals surface area contributed by atoms with Gasteiger partial charge in [0.1, 0.15) is 17.0 Å². The van der Waals surface area contributed by atoms with E-state index in [0.29, 0.717) is 5.69 Å². The number of hydrogen-bond donors (Lipinski definition) is 1. The second kappa shape index (κ2) is 5.16. The molecule has 0 aliphatic rings. The molecule has 0 radical (unpaired) electrons. The topological polar surface area (TPSA) is 68.5 Å². The number of hydrogen-bond acceptors (Lipinski definition) is 3. The van der Waals surface area contributed by atoms with E-state index < -0.39 is 22.9 Å². The Morgan fingerprint density at radius 3 is 2.60 bits per heavy atom. The molecule has 0 saturated carbocycles. The Morgan fingerprint density at radius 1 is 1.30 bits per heavy atom. The summed E-state index contributed by atoms with van der Waals surface area (Å²) in [6.07, 6.45) is 0. The van der Waals surface area contributed by atoms with Gasteiger partial charge < -0.3 is 9.84 Å². The van der Waals surface area contributed by atoms with Crippen molar-refractivity contribution in [3.8, 4) is 11.4 Å². The molecule has 0 bridgehead atoms. The molecular weight excluding hydrogens is 265 g/mol. The van der Waals surface area contributed by atoms with Crippen LogP contribution < -0.4 is 10.3 Å². The predicted molar refractivity (Wildman–Crippen MR) is 70.2 cm³/mol. The van der Waals surface area contributed by atoms with Gasteiger partial charge in [-0.2, -0.15) is 0 Å². The smallest absolute Gasteiger partial charge is 0.341 e. The van der Waals surface area contributed by atoms with Crippen molar-refractivity contribution in [2.75, 3.05) is 7.11 Å². The van der Waals surface area contributed by atoms with Crippen molar-refractivity contribution in [3.05, 3.63) is 57.8 Å². The van der Waals surface area contributed by atoms with Gasteiger partial charge in [-0.05, 0) is 31.2 Å². The number of pyridine rings is 1. The lowest BCUT2D eigenvalue weighted by Gasteiger charge is -2.15. The zero-order chi connectivity index (χ0) is 14.9. The number of aromatic carboxylic acids is 1. The maximum absolute atomic E-state index is 14.0. The molecule has 20 heavy (non-hydrogen) atoms. The summed E-state index contributed by atoms with van der Waals surface area (Å²) in [5, 5.41) is 8.99. The number of para-hydroxylation sites is 1. The van der Waals surface area contributed by atoms with Crippen LogP contribution in [0.5, 0.6) is 5.75 Å². The highest BCUT2D eigenvalue weighted by Crippen LogP contribution is 2.25. The Balaban J connectivity index is 2.87. The standard InChI is InChI=1S/C14H12FNO4/c1-8-6-7-9(14(18)19)13(17)16(8)12-10(15)4-3-5-11(12)20-2/h3-7H,1-2H3,(H,18,19). The van der Waals surface area contributed by atoms with Crippen LogP contribution in [0.15, 0.2) is 35.1 Å². The van der Waals surface area contributed by atoms with Gasteiger partial charge in [-0.15, -0.1) is 0 Å². The molecule has 0 saturated heterocycles. The summed E-state index contributed by atoms with van der Waals surface area (Å²) >= 11 is 0. The first-order valence-electron chi connectivity index (χ1n) is 5.76. The third-order valence-electron chi connectivity index (χ3n) is 2.90. The predicted octanol–water partition coefficient (Wildman–Crippen LogP) is 1.99. The fourth-order valence-corrected chi connectivity index (χ4v) is 1.95. The zero-order valence-corrected chi connectivity index (χ0v) is 10.9. The molecule has 1 N–H and O–H groups in total. The highest BCUT2D eigenvalue weighted by atomic mass is 19.1. The molecule has 2 rings (SSSR count). The Morgan fingerprint density at radius 2 is 2.00 bits per heavy atom. The Hall–Kier alpha value is -2.63. The monoisotopic (exact) mass is 277 g/mol. The summed E-state index contributed by atoms with van der Waals surface area (Å²) in [4.78, 5) is 23.2. The van der Waals surface area contributed by atoms with Crippen LogP contribution in [0.2, 0.25) is 0 Å². The number of methoxy groups -OCH3 is 1. The van der Waals surface area contributed by atoms with Crippen molar-refractivity contribution in [1.82, 2.24) is 4.57 Å². The molecule has 104 valence electrons. The van der Waals surface area contributed by atoms with Crippen molar-refractivity contribution in [3.63, 3.8) is 0 Å². The Bertz CT molecular complexity index is 736. The quantitative estimate of drug-likeness (QED) is 0.931. The first-order valence-corrected chi connectivity index (χ1v) is 5.76. The average molecular weight is 277 g/mol. The third-order valence-corrected chi connectivity index (χ3v) is 2.90. The largest absolute Gasteiger partial charge is 0.494 e. The van der Waals surface area contributed by atoms with Gasteiger partial charge in [-0.25, -0.2) is 9.18 Å². The number of rotatable bonds is 3. The summed E-state index contributed by atoms with van der Waals surface area (Å²) in [5.41, 5.74) is -0.925. The highest BCUT2D eigenvalue weighted by molar-refractivity contribution is 5.87. The van der Waals surface area contributed by atoms with Crippen LogP contribution in [-0.4, -0.2) is 22.8 Å². The molecule has 6 heteroatoms. The van der Waals surface area contributed by atoms with E-state index in [0.717, 1.165) is 4.57 Å². The molecule has 0 spiro atoms. The molecule has 0 aliphatic heterocycles. The van der Waals surface area contributed by atoms with E-state index >= 15 is 0 Å². The first-order chi connectivity index (χ1) is 9.47. The van der Waals surface area contributed by atoms with Gasteiger partial charge in [0.2, 0.25) is 0 Å². The van der Waals surface area contributed by atoms with Gasteiger partial charge in [-0.3, -0.25) is 9.36 Å². The zero-order valence-electron chi connectivity index (χ0n) is 10.9. The normalized spacial score (nSPS) is 10.3. The van der Waals surface area contributed by atoms with Gasteiger partial charge in [0, 0.05) is 5.69 Å². The highest BCUT2D eigenvalue weighted by Gasteiger charge is 2.18. The second-order valence-electron chi connectivity index (χ2n) is 4.12. The maximum atomic E-state index is 14.0. The van der Waals surface area contributed by atoms with Gasteiger partial charge in [-0.1, -0.05) is 6.07 Å². The molecule has 2 aromatic rings. The summed E-state index contributed by atoms with van der Waals surface area (Å²) in [5.74, 6) is -1.88. The number of carboxylic acid groups (broad SMARTS) is 1. The van der Waals surface area contributed by atoms with Crippen LogP contribution in [0.4, 0.5) is 4.39 Å². The fourth-order valence-electron chi connectivity index (χ4n) is 1.95. The molecule has 0 aliphatic carbocycles. The molecule has 1 aromatic carbocycles. The van der Waals surface area contributed by atoms with Crippen molar-refractivity contribution in [2.24, 2.45) is 0 Å². The van der Waals surface area contributed by atoms with Gasteiger partial charge >= 0.3 is 5.97 Å². The van der Waals surface area contributed by atoms with E-state index in [1.54, 1.807) is 6.92 Å². The Labute approximate surface area is 113 Å². The van der Waals surface area contributed by atoms with Gasteiger partial charge in [0.15, 0.2) is 5.82 Å². The third kappa shape index (κ3) is 2.16. The number of aromatic nitrogens is 1. The number of carbonyl (C=O) groups is 1. The first kappa shape index (κ1) is 13.8. The summed E-state index contributed by atoms with van der Waals surface area (Å²) < 4.78 is 20.1. The average Bonchev–Trinajstić information content (AvgIpc) is 2.39. The SMILES string of the molecule is COc1cccc(F)c1-n1c(C)ccc(C(=O)O)c1=O. The van der Waals surface area contributed by atoms with E-state index in [-0.39, 0.29) is 11.4 Å². The van der Waals surface area contributed by atoms with Crippen LogP contribution in [0.3, 0.4) is 0 Å². The van der Waals surface area contributed by atoms with Crippen LogP contribution in [-0.2, 0) is 0 Å². The minimum atomic E-state index is -1.36. The van der Waals surface area contributed by atoms with Crippen molar-refractivity contribution < 1.29 is 19.0 Å². The molecule has 0 amide bonds. The number of halogens is 1. The summed E-state index contributed by atoms with van der Waals surface area (Å²) in [7, 11) is 1.35. The van der Waals surface area contributed by atoms with E-state index in [2.05, 4.69) is 0 Å². The number of carboxylic acids is 1. The van der Waals surface area contributed by atoms with Crippen molar-refractivity contribution >= 4 is 5.97 Å². The van der Waals surface area contributed by atoms with Crippen LogP contribution in [0.1, 0.15) is 16.1 Å². The van der Waals surface area contributed by atoms with E-state index in [4.69, 9.17) is 9.84 Å². The van der Waals surface area contributed by atoms with Crippen molar-refractivity contribution in [2.45, 2.75) is 6.92 Å². The van der Waals surface area contributed by atoms with Crippen LogP contribution >= 0.6 is 0 Å². The number of aryl methyl sites for hydroxylation is 1. The molecule has 1 heterocycles. The second-order valence-corrected chi connectivity index (χ2v) is 4.12. The lowest BCUT2D eigenvalue weighted by molar-refractivity contribution is 0.0694. The number of nitrogens with zero attached hydrogens (tertiary/aromatic N) is 1. The minimum Gasteiger partial charge on any atom is -0.494 e. The molecule has 0 atom stereocenters. The number of ether oxygens (including phenoxy) is 1.